The van der Waals surface area contributed by atoms with Crippen molar-refractivity contribution in [1.82, 2.24) is 0 Å². The number of benzene rings is 3. The zero-order valence-corrected chi connectivity index (χ0v) is 20.3. The predicted octanol–water partition coefficient (Wildman–Crippen LogP) is 4.95. The number of aromatic carboxylic acids is 2. The molecule has 3 aromatic carbocycles. The molecule has 3 aromatic rings. The monoisotopic (exact) mass is 544 g/mol. The molecule has 3 N–H and O–H groups in total. The smallest absolute Gasteiger partial charge is 0.416 e. The summed E-state index contributed by atoms with van der Waals surface area (Å²) in [6.07, 6.45) is -4.50. The first-order valence-electron chi connectivity index (χ1n) is 11.7. The number of alkyl halides is 3. The van der Waals surface area contributed by atoms with Gasteiger partial charge in [0.1, 0.15) is 11.3 Å². The van der Waals surface area contributed by atoms with Crippen molar-refractivity contribution in [1.29, 1.82) is 0 Å². The Morgan fingerprint density at radius 2 is 1.56 bits per heavy atom. The van der Waals surface area contributed by atoms with E-state index in [0.717, 1.165) is 12.1 Å². The normalized spacial score (nSPS) is 13.7. The number of rotatable bonds is 8. The summed E-state index contributed by atoms with van der Waals surface area (Å²) < 4.78 is 39.4. The maximum atomic E-state index is 13.1. The summed E-state index contributed by atoms with van der Waals surface area (Å²) in [5.41, 5.74) is -0.370. The Hall–Kier alpha value is -4.81. The highest BCUT2D eigenvalue weighted by Gasteiger charge is 2.33. The molecule has 1 heterocycles. The van der Waals surface area contributed by atoms with Gasteiger partial charge in [-0.15, -0.1) is 0 Å². The number of nitro benzene ring substituents is 1. The average Bonchev–Trinajstić information content (AvgIpc) is 2.91. The van der Waals surface area contributed by atoms with Gasteiger partial charge in [0.05, 0.1) is 21.7 Å². The van der Waals surface area contributed by atoms with Crippen molar-refractivity contribution in [3.63, 3.8) is 0 Å². The van der Waals surface area contributed by atoms with Crippen molar-refractivity contribution in [2.24, 2.45) is 0 Å². The molecule has 0 radical (unpaired) electrons. The largest absolute Gasteiger partial charge is 0.478 e. The number of carbonyl (C=O) groups is 2. The van der Waals surface area contributed by atoms with Crippen molar-refractivity contribution in [3.8, 4) is 0 Å². The van der Waals surface area contributed by atoms with Gasteiger partial charge in [0, 0.05) is 44.5 Å². The number of piperazine rings is 1. The first kappa shape index (κ1) is 27.2. The first-order valence-corrected chi connectivity index (χ1v) is 11.7. The Morgan fingerprint density at radius 3 is 2.13 bits per heavy atom. The Labute approximate surface area is 220 Å². The number of hydrogen-bond donors (Lipinski definition) is 3. The second kappa shape index (κ2) is 10.9. The lowest BCUT2D eigenvalue weighted by atomic mass is 10.1. The highest BCUT2D eigenvalue weighted by atomic mass is 19.4. The molecule has 39 heavy (non-hydrogen) atoms. The van der Waals surface area contributed by atoms with Gasteiger partial charge in [-0.05, 0) is 42.0 Å². The van der Waals surface area contributed by atoms with Crippen LogP contribution < -0.4 is 15.1 Å². The fourth-order valence-corrected chi connectivity index (χ4v) is 4.44. The summed E-state index contributed by atoms with van der Waals surface area (Å²) in [5, 5.41) is 33.9. The molecule has 0 aromatic heterocycles. The van der Waals surface area contributed by atoms with Crippen LogP contribution in [0.3, 0.4) is 0 Å². The molecule has 4 rings (SSSR count). The molecule has 0 amide bonds. The van der Waals surface area contributed by atoms with E-state index >= 15 is 0 Å². The van der Waals surface area contributed by atoms with Gasteiger partial charge in [-0.3, -0.25) is 10.1 Å². The number of nitro groups is 1. The van der Waals surface area contributed by atoms with Crippen molar-refractivity contribution >= 4 is 34.7 Å². The molecule has 0 aliphatic carbocycles. The SMILES string of the molecule is O=C(O)c1ccc(CNc2ccc([N+](=O)[O-])c(N3CCN(c4cccc(C(F)(F)F)c4)CC3)c2C(=O)O)cc1. The molecule has 0 spiro atoms. The van der Waals surface area contributed by atoms with E-state index in [2.05, 4.69) is 5.32 Å². The van der Waals surface area contributed by atoms with E-state index in [4.69, 9.17) is 5.11 Å². The Balaban J connectivity index is 1.59. The van der Waals surface area contributed by atoms with Gasteiger partial charge in [-0.2, -0.15) is 13.2 Å². The van der Waals surface area contributed by atoms with Crippen LogP contribution in [0.4, 0.5) is 35.9 Å². The van der Waals surface area contributed by atoms with Crippen LogP contribution in [0, 0.1) is 10.1 Å². The topological polar surface area (TPSA) is 136 Å². The zero-order valence-electron chi connectivity index (χ0n) is 20.3. The molecule has 13 heteroatoms. The second-order valence-corrected chi connectivity index (χ2v) is 8.80. The summed E-state index contributed by atoms with van der Waals surface area (Å²) in [5.74, 6) is -2.48. The molecular formula is C26H23F3N4O6. The van der Waals surface area contributed by atoms with Crippen molar-refractivity contribution in [2.75, 3.05) is 41.3 Å². The van der Waals surface area contributed by atoms with Crippen LogP contribution in [0.25, 0.3) is 0 Å². The lowest BCUT2D eigenvalue weighted by Gasteiger charge is -2.38. The third-order valence-electron chi connectivity index (χ3n) is 6.39. The maximum absolute atomic E-state index is 13.1. The quantitative estimate of drug-likeness (QED) is 0.266. The predicted molar refractivity (Wildman–Crippen MR) is 137 cm³/mol. The number of hydrogen-bond acceptors (Lipinski definition) is 7. The molecule has 1 aliphatic rings. The minimum absolute atomic E-state index is 0.0897. The molecule has 1 saturated heterocycles. The Kier molecular flexibility index (Phi) is 7.61. The standard InChI is InChI=1S/C26H23F3N4O6/c27-26(28,29)18-2-1-3-19(14-18)31-10-12-32(13-11-31)23-21(33(38)39)9-8-20(22(23)25(36)37)30-15-16-4-6-17(7-5-16)24(34)35/h1-9,14,30H,10-13,15H2,(H,34,35)(H,36,37). The fourth-order valence-electron chi connectivity index (χ4n) is 4.44. The van der Waals surface area contributed by atoms with Crippen LogP contribution in [-0.2, 0) is 12.7 Å². The van der Waals surface area contributed by atoms with E-state index in [1.165, 1.54) is 30.3 Å². The Bertz CT molecular complexity index is 1400. The average molecular weight is 544 g/mol. The van der Waals surface area contributed by atoms with Crippen LogP contribution in [0.15, 0.2) is 60.7 Å². The first-order chi connectivity index (χ1) is 18.5. The number of nitrogens with zero attached hydrogens (tertiary/aromatic N) is 3. The van der Waals surface area contributed by atoms with Crippen LogP contribution in [0.2, 0.25) is 0 Å². The van der Waals surface area contributed by atoms with E-state index in [9.17, 15) is 38.0 Å². The molecule has 1 aliphatic heterocycles. The molecule has 1 fully saturated rings. The number of halogens is 3. The summed E-state index contributed by atoms with van der Waals surface area (Å²) in [6, 6.07) is 13.3. The molecule has 204 valence electrons. The molecule has 0 saturated carbocycles. The molecular weight excluding hydrogens is 521 g/mol. The van der Waals surface area contributed by atoms with Gasteiger partial charge < -0.3 is 25.3 Å². The third-order valence-corrected chi connectivity index (χ3v) is 6.39. The fraction of sp³-hybridized carbons (Fsp3) is 0.231. The maximum Gasteiger partial charge on any atom is 0.416 e. The van der Waals surface area contributed by atoms with E-state index in [1.807, 2.05) is 0 Å². The zero-order chi connectivity index (χ0) is 28.3. The lowest BCUT2D eigenvalue weighted by molar-refractivity contribution is -0.384. The summed E-state index contributed by atoms with van der Waals surface area (Å²) in [6.45, 7) is 0.825. The van der Waals surface area contributed by atoms with Gasteiger partial charge in [0.25, 0.3) is 5.69 Å². The third kappa shape index (κ3) is 6.03. The van der Waals surface area contributed by atoms with E-state index in [-0.39, 0.29) is 55.2 Å². The van der Waals surface area contributed by atoms with Crippen LogP contribution in [0.5, 0.6) is 0 Å². The van der Waals surface area contributed by atoms with Crippen molar-refractivity contribution < 1.29 is 37.9 Å². The summed E-state index contributed by atoms with van der Waals surface area (Å²) >= 11 is 0. The summed E-state index contributed by atoms with van der Waals surface area (Å²) in [7, 11) is 0. The van der Waals surface area contributed by atoms with Gasteiger partial charge in [0.15, 0.2) is 0 Å². The van der Waals surface area contributed by atoms with Crippen molar-refractivity contribution in [2.45, 2.75) is 12.7 Å². The van der Waals surface area contributed by atoms with Crippen LogP contribution >= 0.6 is 0 Å². The molecule has 10 nitrogen and oxygen atoms in total. The lowest BCUT2D eigenvalue weighted by Crippen LogP contribution is -2.47. The molecule has 0 unspecified atom stereocenters. The number of carboxylic acids is 2. The molecule has 0 atom stereocenters. The Morgan fingerprint density at radius 1 is 0.923 bits per heavy atom. The second-order valence-electron chi connectivity index (χ2n) is 8.80. The highest BCUT2D eigenvalue weighted by molar-refractivity contribution is 6.03. The van der Waals surface area contributed by atoms with Crippen LogP contribution in [-0.4, -0.2) is 53.3 Å². The van der Waals surface area contributed by atoms with E-state index in [1.54, 1.807) is 28.0 Å². The van der Waals surface area contributed by atoms with Crippen LogP contribution in [0.1, 0.15) is 31.8 Å². The van der Waals surface area contributed by atoms with Gasteiger partial charge in [-0.25, -0.2) is 9.59 Å². The molecule has 0 bridgehead atoms. The number of carboxylic acid groups (broad SMARTS) is 2. The van der Waals surface area contributed by atoms with E-state index < -0.39 is 34.3 Å². The van der Waals surface area contributed by atoms with Crippen molar-refractivity contribution in [3.05, 3.63) is 93.0 Å². The van der Waals surface area contributed by atoms with Gasteiger partial charge >= 0.3 is 18.1 Å². The minimum Gasteiger partial charge on any atom is -0.478 e. The summed E-state index contributed by atoms with van der Waals surface area (Å²) in [4.78, 5) is 37.8. The highest BCUT2D eigenvalue weighted by Crippen LogP contribution is 2.38. The van der Waals surface area contributed by atoms with Gasteiger partial charge in [-0.1, -0.05) is 18.2 Å². The minimum atomic E-state index is -4.50. The van der Waals surface area contributed by atoms with Gasteiger partial charge in [0.2, 0.25) is 0 Å². The van der Waals surface area contributed by atoms with E-state index in [0.29, 0.717) is 11.3 Å². The number of nitrogens with one attached hydrogen (secondary N) is 1. The number of anilines is 3.